The zero-order valence-electron chi connectivity index (χ0n) is 5.13. The highest BCUT2D eigenvalue weighted by molar-refractivity contribution is 5.32. The van der Waals surface area contributed by atoms with Crippen LogP contribution in [-0.4, -0.2) is 37.3 Å². The lowest BCUT2D eigenvalue weighted by Crippen LogP contribution is -2.40. The Morgan fingerprint density at radius 2 is 2.11 bits per heavy atom. The summed E-state index contributed by atoms with van der Waals surface area (Å²) in [5.41, 5.74) is 0. The number of hydrogen-bond acceptors (Lipinski definition) is 4. The standard InChI is InChI=1S/C5H9N3O/c9-5-7-8-3-1-6-2-4-8/h6H,1-4H2. The Balaban J connectivity index is 2.31. The van der Waals surface area contributed by atoms with Crippen molar-refractivity contribution >= 4 is 6.08 Å². The minimum absolute atomic E-state index is 0.815. The maximum absolute atomic E-state index is 9.72. The number of nitrogens with one attached hydrogen (secondary N) is 1. The lowest BCUT2D eigenvalue weighted by molar-refractivity contribution is 0.251. The van der Waals surface area contributed by atoms with Crippen molar-refractivity contribution in [3.05, 3.63) is 0 Å². The molecule has 0 aromatic carbocycles. The fourth-order valence-corrected chi connectivity index (χ4v) is 0.811. The molecule has 1 aliphatic heterocycles. The fourth-order valence-electron chi connectivity index (χ4n) is 0.811. The van der Waals surface area contributed by atoms with E-state index in [9.17, 15) is 4.79 Å². The number of hydrazone groups is 1. The summed E-state index contributed by atoms with van der Waals surface area (Å²) in [5.74, 6) is 0. The molecule has 50 valence electrons. The Bertz CT molecular complexity index is 124. The minimum atomic E-state index is 0.815. The zero-order chi connectivity index (χ0) is 6.53. The van der Waals surface area contributed by atoms with E-state index >= 15 is 0 Å². The van der Waals surface area contributed by atoms with Gasteiger partial charge in [0.05, 0.1) is 0 Å². The summed E-state index contributed by atoms with van der Waals surface area (Å²) in [6.07, 6.45) is 1.51. The molecule has 4 heteroatoms. The molecule has 1 N–H and O–H groups in total. The highest BCUT2D eigenvalue weighted by Crippen LogP contribution is 1.89. The maximum Gasteiger partial charge on any atom is 0.258 e. The fraction of sp³-hybridized carbons (Fsp3) is 0.800. The Kier molecular flexibility index (Phi) is 2.24. The summed E-state index contributed by atoms with van der Waals surface area (Å²) >= 11 is 0. The molecule has 0 saturated carbocycles. The molecule has 0 amide bonds. The molecule has 1 aliphatic rings. The second-order valence-corrected chi connectivity index (χ2v) is 1.89. The van der Waals surface area contributed by atoms with Gasteiger partial charge in [-0.1, -0.05) is 5.10 Å². The first-order valence-corrected chi connectivity index (χ1v) is 2.97. The lowest BCUT2D eigenvalue weighted by atomic mass is 10.4. The molecule has 0 bridgehead atoms. The minimum Gasteiger partial charge on any atom is -0.313 e. The van der Waals surface area contributed by atoms with E-state index in [0.717, 1.165) is 26.2 Å². The van der Waals surface area contributed by atoms with Gasteiger partial charge in [0.1, 0.15) is 0 Å². The van der Waals surface area contributed by atoms with Crippen LogP contribution in [0.25, 0.3) is 0 Å². The second-order valence-electron chi connectivity index (χ2n) is 1.89. The monoisotopic (exact) mass is 127 g/mol. The summed E-state index contributed by atoms with van der Waals surface area (Å²) in [7, 11) is 0. The van der Waals surface area contributed by atoms with E-state index in [4.69, 9.17) is 0 Å². The summed E-state index contributed by atoms with van der Waals surface area (Å²) in [5, 5.41) is 8.32. The Labute approximate surface area is 53.5 Å². The quantitative estimate of drug-likeness (QED) is 0.368. The van der Waals surface area contributed by atoms with E-state index in [0.29, 0.717) is 0 Å². The number of carbonyl (C=O) groups excluding carboxylic acids is 1. The van der Waals surface area contributed by atoms with Crippen molar-refractivity contribution in [1.29, 1.82) is 0 Å². The number of hydrogen-bond donors (Lipinski definition) is 1. The van der Waals surface area contributed by atoms with E-state index in [1.165, 1.54) is 6.08 Å². The number of isocyanates is 1. The largest absolute Gasteiger partial charge is 0.313 e. The van der Waals surface area contributed by atoms with E-state index in [1.54, 1.807) is 5.01 Å². The van der Waals surface area contributed by atoms with Crippen LogP contribution in [0.2, 0.25) is 0 Å². The van der Waals surface area contributed by atoms with E-state index in [2.05, 4.69) is 10.4 Å². The third kappa shape index (κ3) is 1.83. The Hall–Kier alpha value is -0.860. The van der Waals surface area contributed by atoms with Crippen LogP contribution in [0.3, 0.4) is 0 Å². The van der Waals surface area contributed by atoms with Gasteiger partial charge in [-0.25, -0.2) is 4.79 Å². The van der Waals surface area contributed by atoms with E-state index < -0.39 is 0 Å². The molecular formula is C5H9N3O. The predicted octanol–water partition coefficient (Wildman–Crippen LogP) is -0.858. The molecule has 1 fully saturated rings. The number of rotatable bonds is 1. The van der Waals surface area contributed by atoms with Crippen molar-refractivity contribution in [2.24, 2.45) is 5.10 Å². The van der Waals surface area contributed by atoms with Crippen molar-refractivity contribution < 1.29 is 4.79 Å². The Morgan fingerprint density at radius 3 is 2.67 bits per heavy atom. The van der Waals surface area contributed by atoms with Crippen LogP contribution in [0.4, 0.5) is 0 Å². The molecule has 1 heterocycles. The average Bonchev–Trinajstić information content (AvgIpc) is 1.91. The molecule has 0 aromatic rings. The predicted molar refractivity (Wildman–Crippen MR) is 32.6 cm³/mol. The van der Waals surface area contributed by atoms with Gasteiger partial charge in [-0.05, 0) is 0 Å². The van der Waals surface area contributed by atoms with E-state index in [-0.39, 0.29) is 0 Å². The summed E-state index contributed by atoms with van der Waals surface area (Å²) in [6, 6.07) is 0. The van der Waals surface area contributed by atoms with Gasteiger partial charge in [0.2, 0.25) is 0 Å². The van der Waals surface area contributed by atoms with Crippen LogP contribution in [0, 0.1) is 0 Å². The summed E-state index contributed by atoms with van der Waals surface area (Å²) < 4.78 is 0. The molecule has 1 saturated heterocycles. The molecule has 0 radical (unpaired) electrons. The maximum atomic E-state index is 9.72. The molecule has 0 spiro atoms. The molecule has 9 heavy (non-hydrogen) atoms. The van der Waals surface area contributed by atoms with E-state index in [1.807, 2.05) is 0 Å². The first kappa shape index (κ1) is 6.26. The topological polar surface area (TPSA) is 44.7 Å². The smallest absolute Gasteiger partial charge is 0.258 e. The SMILES string of the molecule is O=C=NN1CCNCC1. The molecule has 0 unspecified atom stereocenters. The highest BCUT2D eigenvalue weighted by atomic mass is 16.1. The average molecular weight is 127 g/mol. The van der Waals surface area contributed by atoms with Gasteiger partial charge in [-0.15, -0.1) is 0 Å². The number of nitrogens with zero attached hydrogens (tertiary/aromatic N) is 2. The van der Waals surface area contributed by atoms with Crippen LogP contribution in [0.5, 0.6) is 0 Å². The molecular weight excluding hydrogens is 118 g/mol. The van der Waals surface area contributed by atoms with Crippen molar-refractivity contribution in [3.63, 3.8) is 0 Å². The molecule has 1 rings (SSSR count). The highest BCUT2D eigenvalue weighted by Gasteiger charge is 2.04. The van der Waals surface area contributed by atoms with Gasteiger partial charge in [-0.2, -0.15) is 0 Å². The number of piperazine rings is 1. The van der Waals surface area contributed by atoms with Crippen molar-refractivity contribution in [1.82, 2.24) is 10.3 Å². The van der Waals surface area contributed by atoms with Crippen LogP contribution in [-0.2, 0) is 4.79 Å². The first-order chi connectivity index (χ1) is 4.43. The van der Waals surface area contributed by atoms with Crippen molar-refractivity contribution in [2.45, 2.75) is 0 Å². The zero-order valence-corrected chi connectivity index (χ0v) is 5.13. The van der Waals surface area contributed by atoms with Crippen LogP contribution in [0.1, 0.15) is 0 Å². The molecule has 0 aliphatic carbocycles. The third-order valence-electron chi connectivity index (χ3n) is 1.28. The molecule has 0 atom stereocenters. The van der Waals surface area contributed by atoms with Gasteiger partial charge < -0.3 is 5.32 Å². The summed E-state index contributed by atoms with van der Waals surface area (Å²) in [4.78, 5) is 9.72. The third-order valence-corrected chi connectivity index (χ3v) is 1.28. The molecule has 4 nitrogen and oxygen atoms in total. The van der Waals surface area contributed by atoms with Gasteiger partial charge in [0, 0.05) is 26.2 Å². The van der Waals surface area contributed by atoms with Crippen molar-refractivity contribution in [3.8, 4) is 0 Å². The van der Waals surface area contributed by atoms with Gasteiger partial charge in [-0.3, -0.25) is 5.01 Å². The first-order valence-electron chi connectivity index (χ1n) is 2.97. The van der Waals surface area contributed by atoms with Crippen LogP contribution >= 0.6 is 0 Å². The van der Waals surface area contributed by atoms with Crippen molar-refractivity contribution in [2.75, 3.05) is 26.2 Å². The summed E-state index contributed by atoms with van der Waals surface area (Å²) in [6.45, 7) is 3.45. The second kappa shape index (κ2) is 3.22. The van der Waals surface area contributed by atoms with Gasteiger partial charge in [0.15, 0.2) is 0 Å². The van der Waals surface area contributed by atoms with Gasteiger partial charge >= 0.3 is 0 Å². The Morgan fingerprint density at radius 1 is 1.44 bits per heavy atom. The van der Waals surface area contributed by atoms with Gasteiger partial charge in [0.25, 0.3) is 6.08 Å². The lowest BCUT2D eigenvalue weighted by Gasteiger charge is -2.22. The van der Waals surface area contributed by atoms with Crippen LogP contribution in [0.15, 0.2) is 5.10 Å². The normalized spacial score (nSPS) is 18.9. The molecule has 0 aromatic heterocycles. The van der Waals surface area contributed by atoms with Crippen LogP contribution < -0.4 is 5.32 Å².